The van der Waals surface area contributed by atoms with Gasteiger partial charge in [0.25, 0.3) is 0 Å². The molecule has 0 radical (unpaired) electrons. The molecule has 0 aliphatic heterocycles. The average molecular weight is 325 g/mol. The molecule has 0 saturated carbocycles. The van der Waals surface area contributed by atoms with Gasteiger partial charge in [0.1, 0.15) is 18.5 Å². The van der Waals surface area contributed by atoms with E-state index in [0.717, 1.165) is 6.42 Å². The molecule has 2 rings (SSSR count). The average Bonchev–Trinajstić information content (AvgIpc) is 2.62. The van der Waals surface area contributed by atoms with E-state index in [9.17, 15) is 5.11 Å². The first-order chi connectivity index (χ1) is 11.6. The Balaban J connectivity index is 1.86. The molecule has 1 N–H and O–H groups in total. The predicted octanol–water partition coefficient (Wildman–Crippen LogP) is 2.78. The summed E-state index contributed by atoms with van der Waals surface area (Å²) in [6, 6.07) is 13.2. The van der Waals surface area contributed by atoms with E-state index in [4.69, 9.17) is 10.00 Å². The molecule has 24 heavy (non-hydrogen) atoms. The first-order valence-corrected chi connectivity index (χ1v) is 8.05. The molecular weight excluding hydrogens is 302 g/mol. The number of aliphatic hydroxyl groups excluding tert-OH is 1. The van der Waals surface area contributed by atoms with Crippen molar-refractivity contribution in [3.63, 3.8) is 0 Å². The standard InChI is InChI=1S/C19H23N3O2/c1-3-19(16-8-10-21-11-9-16)22(2)13-17(23)14-24-18-6-4-15(12-20)5-7-18/h4-11,17,19,23H,3,13-14H2,1-2H3. The molecule has 0 saturated heterocycles. The lowest BCUT2D eigenvalue weighted by Gasteiger charge is -2.29. The molecule has 0 amide bonds. The van der Waals surface area contributed by atoms with Gasteiger partial charge in [-0.25, -0.2) is 0 Å². The van der Waals surface area contributed by atoms with Crippen LogP contribution in [-0.4, -0.2) is 41.3 Å². The minimum atomic E-state index is -0.596. The number of hydrogen-bond acceptors (Lipinski definition) is 5. The number of hydrogen-bond donors (Lipinski definition) is 1. The van der Waals surface area contributed by atoms with Crippen molar-refractivity contribution < 1.29 is 9.84 Å². The van der Waals surface area contributed by atoms with Crippen LogP contribution in [0.3, 0.4) is 0 Å². The molecular formula is C19H23N3O2. The molecule has 5 nitrogen and oxygen atoms in total. The van der Waals surface area contributed by atoms with E-state index in [1.165, 1.54) is 5.56 Å². The van der Waals surface area contributed by atoms with Crippen LogP contribution in [-0.2, 0) is 0 Å². The summed E-state index contributed by atoms with van der Waals surface area (Å²) in [5.74, 6) is 0.650. The van der Waals surface area contributed by atoms with Gasteiger partial charge >= 0.3 is 0 Å². The van der Waals surface area contributed by atoms with E-state index in [0.29, 0.717) is 17.9 Å². The van der Waals surface area contributed by atoms with Gasteiger partial charge in [-0.1, -0.05) is 6.92 Å². The van der Waals surface area contributed by atoms with Crippen LogP contribution in [0.1, 0.15) is 30.5 Å². The Labute approximate surface area is 143 Å². The van der Waals surface area contributed by atoms with E-state index >= 15 is 0 Å². The molecule has 0 spiro atoms. The predicted molar refractivity (Wildman–Crippen MR) is 92.6 cm³/mol. The van der Waals surface area contributed by atoms with E-state index in [-0.39, 0.29) is 12.6 Å². The van der Waals surface area contributed by atoms with Gasteiger partial charge in [-0.2, -0.15) is 5.26 Å². The van der Waals surface area contributed by atoms with Crippen molar-refractivity contribution in [2.24, 2.45) is 0 Å². The van der Waals surface area contributed by atoms with Crippen LogP contribution in [0.25, 0.3) is 0 Å². The fourth-order valence-corrected chi connectivity index (χ4v) is 2.72. The van der Waals surface area contributed by atoms with Gasteiger partial charge in [-0.15, -0.1) is 0 Å². The number of aliphatic hydroxyl groups is 1. The maximum absolute atomic E-state index is 10.2. The van der Waals surface area contributed by atoms with Gasteiger partial charge in [-0.05, 0) is 55.4 Å². The Morgan fingerprint density at radius 3 is 2.46 bits per heavy atom. The monoisotopic (exact) mass is 325 g/mol. The minimum absolute atomic E-state index is 0.211. The molecule has 0 fully saturated rings. The number of benzene rings is 1. The quantitative estimate of drug-likeness (QED) is 0.808. The largest absolute Gasteiger partial charge is 0.491 e. The lowest BCUT2D eigenvalue weighted by molar-refractivity contribution is 0.0620. The molecule has 1 aromatic heterocycles. The van der Waals surface area contributed by atoms with Crippen molar-refractivity contribution in [2.75, 3.05) is 20.2 Å². The Morgan fingerprint density at radius 1 is 1.21 bits per heavy atom. The zero-order chi connectivity index (χ0) is 17.4. The number of nitrogens with zero attached hydrogens (tertiary/aromatic N) is 3. The fraction of sp³-hybridized carbons (Fsp3) is 0.368. The minimum Gasteiger partial charge on any atom is -0.491 e. The van der Waals surface area contributed by atoms with Crippen molar-refractivity contribution in [3.05, 3.63) is 59.9 Å². The fourth-order valence-electron chi connectivity index (χ4n) is 2.72. The van der Waals surface area contributed by atoms with E-state index < -0.39 is 6.10 Å². The van der Waals surface area contributed by atoms with Gasteiger partial charge in [0.05, 0.1) is 11.6 Å². The Bertz CT molecular complexity index is 653. The molecule has 0 aliphatic carbocycles. The topological polar surface area (TPSA) is 69.4 Å². The normalized spacial score (nSPS) is 13.3. The van der Waals surface area contributed by atoms with Crippen molar-refractivity contribution in [3.8, 4) is 11.8 Å². The van der Waals surface area contributed by atoms with Crippen LogP contribution in [0.2, 0.25) is 0 Å². The first-order valence-electron chi connectivity index (χ1n) is 8.05. The highest BCUT2D eigenvalue weighted by Crippen LogP contribution is 2.22. The Kier molecular flexibility index (Phi) is 6.74. The van der Waals surface area contributed by atoms with Crippen LogP contribution in [0.4, 0.5) is 0 Å². The number of pyridine rings is 1. The molecule has 1 aromatic carbocycles. The third kappa shape index (κ3) is 5.05. The molecule has 5 heteroatoms. The van der Waals surface area contributed by atoms with E-state index in [2.05, 4.69) is 22.9 Å². The molecule has 2 atom stereocenters. The molecule has 2 aromatic rings. The Morgan fingerprint density at radius 2 is 1.88 bits per heavy atom. The van der Waals surface area contributed by atoms with Crippen molar-refractivity contribution >= 4 is 0 Å². The zero-order valence-corrected chi connectivity index (χ0v) is 14.1. The van der Waals surface area contributed by atoms with Crippen molar-refractivity contribution in [1.82, 2.24) is 9.88 Å². The maximum Gasteiger partial charge on any atom is 0.119 e. The summed E-state index contributed by atoms with van der Waals surface area (Å²) in [5.41, 5.74) is 1.78. The highest BCUT2D eigenvalue weighted by Gasteiger charge is 2.18. The number of ether oxygens (including phenoxy) is 1. The van der Waals surface area contributed by atoms with Crippen LogP contribution >= 0.6 is 0 Å². The third-order valence-corrected chi connectivity index (χ3v) is 3.93. The molecule has 0 aliphatic rings. The number of nitriles is 1. The van der Waals surface area contributed by atoms with Crippen LogP contribution < -0.4 is 4.74 Å². The van der Waals surface area contributed by atoms with Crippen molar-refractivity contribution in [2.45, 2.75) is 25.5 Å². The van der Waals surface area contributed by atoms with Crippen molar-refractivity contribution in [1.29, 1.82) is 5.26 Å². The lowest BCUT2D eigenvalue weighted by atomic mass is 10.0. The third-order valence-electron chi connectivity index (χ3n) is 3.93. The van der Waals surface area contributed by atoms with Gasteiger partial charge in [0.15, 0.2) is 0 Å². The maximum atomic E-state index is 10.2. The molecule has 0 bridgehead atoms. The number of likely N-dealkylation sites (N-methyl/N-ethyl adjacent to an activating group) is 1. The SMILES string of the molecule is CCC(c1ccncc1)N(C)CC(O)COc1ccc(C#N)cc1. The second-order valence-electron chi connectivity index (χ2n) is 5.75. The highest BCUT2D eigenvalue weighted by atomic mass is 16.5. The van der Waals surface area contributed by atoms with Crippen LogP contribution in [0.15, 0.2) is 48.8 Å². The van der Waals surface area contributed by atoms with E-state index in [1.54, 1.807) is 36.7 Å². The summed E-state index contributed by atoms with van der Waals surface area (Å²) in [5, 5.41) is 19.0. The van der Waals surface area contributed by atoms with Gasteiger partial charge in [0.2, 0.25) is 0 Å². The van der Waals surface area contributed by atoms with E-state index in [1.807, 2.05) is 19.2 Å². The summed E-state index contributed by atoms with van der Waals surface area (Å²) in [7, 11) is 2.00. The summed E-state index contributed by atoms with van der Waals surface area (Å²) in [4.78, 5) is 6.18. The highest BCUT2D eigenvalue weighted by molar-refractivity contribution is 5.34. The molecule has 1 heterocycles. The lowest BCUT2D eigenvalue weighted by Crippen LogP contribution is -2.35. The molecule has 2 unspecified atom stereocenters. The summed E-state index contributed by atoms with van der Waals surface area (Å²) >= 11 is 0. The zero-order valence-electron chi connectivity index (χ0n) is 14.1. The van der Waals surface area contributed by atoms with Crippen LogP contribution in [0, 0.1) is 11.3 Å². The Hall–Kier alpha value is -2.42. The molecule has 126 valence electrons. The number of rotatable bonds is 8. The summed E-state index contributed by atoms with van der Waals surface area (Å²) in [6.45, 7) is 2.85. The second-order valence-corrected chi connectivity index (χ2v) is 5.75. The van der Waals surface area contributed by atoms with Gasteiger partial charge in [0, 0.05) is 25.0 Å². The first kappa shape index (κ1) is 17.9. The number of aromatic nitrogens is 1. The summed E-state index contributed by atoms with van der Waals surface area (Å²) < 4.78 is 5.59. The van der Waals surface area contributed by atoms with Crippen LogP contribution in [0.5, 0.6) is 5.75 Å². The van der Waals surface area contributed by atoms with Gasteiger partial charge in [-0.3, -0.25) is 9.88 Å². The smallest absolute Gasteiger partial charge is 0.119 e. The van der Waals surface area contributed by atoms with Gasteiger partial charge < -0.3 is 9.84 Å². The summed E-state index contributed by atoms with van der Waals surface area (Å²) in [6.07, 6.45) is 3.93. The second kappa shape index (κ2) is 9.02.